The zero-order valence-electron chi connectivity index (χ0n) is 23.1. The first kappa shape index (κ1) is 29.7. The van der Waals surface area contributed by atoms with Gasteiger partial charge in [0.05, 0.1) is 6.20 Å². The minimum Gasteiger partial charge on any atom is -0.473 e. The number of hydrogen-bond acceptors (Lipinski definition) is 7. The van der Waals surface area contributed by atoms with Gasteiger partial charge in [0.1, 0.15) is 24.1 Å². The molecular formula is C30H32ClFN6O3. The number of hydrogen-bond donors (Lipinski definition) is 1. The average molecular weight is 579 g/mol. The number of amides is 2. The van der Waals surface area contributed by atoms with Crippen molar-refractivity contribution in [1.82, 2.24) is 24.8 Å². The van der Waals surface area contributed by atoms with Gasteiger partial charge in [0.25, 0.3) is 0 Å². The van der Waals surface area contributed by atoms with Gasteiger partial charge in [-0.25, -0.2) is 14.4 Å². The third-order valence-electron chi connectivity index (χ3n) is 6.86. The first-order valence-electron chi connectivity index (χ1n) is 12.9. The van der Waals surface area contributed by atoms with Gasteiger partial charge in [-0.15, -0.1) is 0 Å². The molecule has 3 heterocycles. The number of nitrogens with one attached hydrogen (secondary N) is 1. The van der Waals surface area contributed by atoms with Crippen LogP contribution in [0.1, 0.15) is 23.1 Å². The highest BCUT2D eigenvalue weighted by Gasteiger charge is 2.21. The third kappa shape index (κ3) is 7.27. The third-order valence-corrected chi connectivity index (χ3v) is 7.09. The molecule has 1 aromatic carbocycles. The number of ether oxygens (including phenoxy) is 1. The Morgan fingerprint density at radius 2 is 2.00 bits per heavy atom. The maximum absolute atomic E-state index is 13.9. The number of anilines is 1. The van der Waals surface area contributed by atoms with Gasteiger partial charge in [-0.2, -0.15) is 0 Å². The van der Waals surface area contributed by atoms with Crippen LogP contribution in [0.25, 0.3) is 11.4 Å². The Labute approximate surface area is 243 Å². The molecule has 1 N–H and O–H groups in total. The highest BCUT2D eigenvalue weighted by molar-refractivity contribution is 6.31. The van der Waals surface area contributed by atoms with Gasteiger partial charge in [0.15, 0.2) is 0 Å². The number of aromatic nitrogens is 3. The molecule has 0 saturated carbocycles. The quantitative estimate of drug-likeness (QED) is 0.233. The summed E-state index contributed by atoms with van der Waals surface area (Å²) in [5.74, 6) is 1.16. The molecule has 0 unspecified atom stereocenters. The van der Waals surface area contributed by atoms with E-state index in [1.165, 1.54) is 11.1 Å². The zero-order chi connectivity index (χ0) is 29.5. The highest BCUT2D eigenvalue weighted by atomic mass is 35.5. The van der Waals surface area contributed by atoms with Crippen molar-refractivity contribution in [2.75, 3.05) is 25.1 Å². The Kier molecular flexibility index (Phi) is 9.69. The molecule has 0 fully saturated rings. The number of carbonyl (C=O) groups excluding carboxylic acids is 2. The standard InChI is InChI=1S/C30H32ClFN6O3/c1-5-26(32)25(20(2)31)18-41-28-9-6-21(13-33-28)15-38-16-23-8-7-22(12-24(23)17-38)30-34-14-29(37(30)4)36(3)11-10-27(40)35-19-39/h5-9,12-14,19H,1-2,10-11,15-18H2,3-4H3,(H,35,39,40)/b26-25+. The smallest absolute Gasteiger partial charge is 0.228 e. The molecule has 11 heteroatoms. The summed E-state index contributed by atoms with van der Waals surface area (Å²) in [5.41, 5.74) is 4.67. The first-order valence-corrected chi connectivity index (χ1v) is 13.3. The Bertz CT molecular complexity index is 1480. The second-order valence-corrected chi connectivity index (χ2v) is 10.2. The van der Waals surface area contributed by atoms with Crippen LogP contribution >= 0.6 is 11.6 Å². The number of imide groups is 1. The lowest BCUT2D eigenvalue weighted by molar-refractivity contribution is -0.125. The molecule has 0 bridgehead atoms. The summed E-state index contributed by atoms with van der Waals surface area (Å²) in [6.07, 6.45) is 5.20. The number of halogens is 2. The van der Waals surface area contributed by atoms with Crippen molar-refractivity contribution in [3.8, 4) is 17.3 Å². The largest absolute Gasteiger partial charge is 0.473 e. The van der Waals surface area contributed by atoms with E-state index in [1.54, 1.807) is 18.5 Å². The maximum atomic E-state index is 13.9. The molecule has 0 spiro atoms. The molecule has 214 valence electrons. The Hall–Kier alpha value is -4.28. The topological polar surface area (TPSA) is 92.6 Å². The van der Waals surface area contributed by atoms with E-state index in [9.17, 15) is 14.0 Å². The van der Waals surface area contributed by atoms with E-state index < -0.39 is 5.83 Å². The zero-order valence-corrected chi connectivity index (χ0v) is 23.8. The molecule has 1 aliphatic heterocycles. The van der Waals surface area contributed by atoms with Gasteiger partial charge >= 0.3 is 0 Å². The minimum absolute atomic E-state index is 0.0596. The van der Waals surface area contributed by atoms with E-state index in [1.807, 2.05) is 29.6 Å². The Morgan fingerprint density at radius 3 is 2.68 bits per heavy atom. The lowest BCUT2D eigenvalue weighted by atomic mass is 10.1. The number of imidazole rings is 1. The van der Waals surface area contributed by atoms with Crippen LogP contribution in [0.3, 0.4) is 0 Å². The van der Waals surface area contributed by atoms with Crippen LogP contribution in [-0.2, 0) is 36.3 Å². The van der Waals surface area contributed by atoms with Crippen molar-refractivity contribution in [2.45, 2.75) is 26.1 Å². The molecule has 2 amide bonds. The number of allylic oxidation sites excluding steroid dienone is 2. The van der Waals surface area contributed by atoms with Crippen molar-refractivity contribution in [1.29, 1.82) is 0 Å². The summed E-state index contributed by atoms with van der Waals surface area (Å²) >= 11 is 5.86. The fourth-order valence-corrected chi connectivity index (χ4v) is 4.80. The van der Waals surface area contributed by atoms with E-state index in [0.717, 1.165) is 41.9 Å². The number of nitrogens with zero attached hydrogens (tertiary/aromatic N) is 5. The molecule has 0 radical (unpaired) electrons. The van der Waals surface area contributed by atoms with Gasteiger partial charge in [0.2, 0.25) is 18.2 Å². The van der Waals surface area contributed by atoms with Crippen LogP contribution in [0, 0.1) is 0 Å². The van der Waals surface area contributed by atoms with E-state index >= 15 is 0 Å². The predicted molar refractivity (Wildman–Crippen MR) is 157 cm³/mol. The fraction of sp³-hybridized carbons (Fsp3) is 0.267. The van der Waals surface area contributed by atoms with Crippen molar-refractivity contribution in [3.63, 3.8) is 0 Å². The summed E-state index contributed by atoms with van der Waals surface area (Å²) in [4.78, 5) is 35.3. The van der Waals surface area contributed by atoms with Crippen molar-refractivity contribution in [2.24, 2.45) is 7.05 Å². The molecule has 0 saturated heterocycles. The van der Waals surface area contributed by atoms with Crippen molar-refractivity contribution >= 4 is 29.7 Å². The Balaban J connectivity index is 1.36. The molecule has 41 heavy (non-hydrogen) atoms. The molecule has 0 atom stereocenters. The van der Waals surface area contributed by atoms with Crippen LogP contribution in [-0.4, -0.2) is 52.0 Å². The maximum Gasteiger partial charge on any atom is 0.228 e. The van der Waals surface area contributed by atoms with E-state index in [2.05, 4.69) is 51.5 Å². The summed E-state index contributed by atoms with van der Waals surface area (Å²) < 4.78 is 21.5. The first-order chi connectivity index (χ1) is 19.7. The van der Waals surface area contributed by atoms with Crippen LogP contribution in [0.4, 0.5) is 10.2 Å². The number of benzene rings is 1. The summed E-state index contributed by atoms with van der Waals surface area (Å²) in [6.45, 7) is 9.65. The molecule has 0 aliphatic carbocycles. The second-order valence-electron chi connectivity index (χ2n) is 9.71. The van der Waals surface area contributed by atoms with Crippen LogP contribution in [0.5, 0.6) is 5.88 Å². The summed E-state index contributed by atoms with van der Waals surface area (Å²) in [6, 6.07) is 10.1. The molecular weight excluding hydrogens is 547 g/mol. The van der Waals surface area contributed by atoms with Gasteiger partial charge in [-0.3, -0.25) is 19.8 Å². The summed E-state index contributed by atoms with van der Waals surface area (Å²) in [7, 11) is 3.83. The molecule has 2 aromatic heterocycles. The second kappa shape index (κ2) is 13.4. The SMILES string of the molecule is C=C/C(F)=C(/COc1ccc(CN2Cc3ccc(-c4ncc(N(C)CCC(=O)NC=O)n4C)cc3C2)cn1)C(=C)Cl. The lowest BCUT2D eigenvalue weighted by Gasteiger charge is -2.19. The average Bonchev–Trinajstić information content (AvgIpc) is 3.54. The normalized spacial score (nSPS) is 13.3. The van der Waals surface area contributed by atoms with Gasteiger partial charge in [-0.1, -0.05) is 43.0 Å². The van der Waals surface area contributed by atoms with E-state index in [0.29, 0.717) is 25.4 Å². The van der Waals surface area contributed by atoms with Gasteiger partial charge in [0, 0.05) is 75.1 Å². The molecule has 1 aliphatic rings. The van der Waals surface area contributed by atoms with Gasteiger partial charge in [-0.05, 0) is 28.8 Å². The predicted octanol–water partition coefficient (Wildman–Crippen LogP) is 4.64. The number of pyridine rings is 1. The Morgan fingerprint density at radius 1 is 1.22 bits per heavy atom. The van der Waals surface area contributed by atoms with E-state index in [-0.39, 0.29) is 29.5 Å². The van der Waals surface area contributed by atoms with Crippen LogP contribution < -0.4 is 15.0 Å². The van der Waals surface area contributed by atoms with Crippen molar-refractivity contribution in [3.05, 3.63) is 95.1 Å². The highest BCUT2D eigenvalue weighted by Crippen LogP contribution is 2.30. The van der Waals surface area contributed by atoms with E-state index in [4.69, 9.17) is 16.3 Å². The number of rotatable bonds is 13. The van der Waals surface area contributed by atoms with Crippen LogP contribution in [0.15, 0.2) is 78.4 Å². The monoisotopic (exact) mass is 578 g/mol. The molecule has 4 rings (SSSR count). The minimum atomic E-state index is -0.577. The fourth-order valence-electron chi connectivity index (χ4n) is 4.66. The van der Waals surface area contributed by atoms with Gasteiger partial charge < -0.3 is 14.2 Å². The van der Waals surface area contributed by atoms with Crippen LogP contribution in [0.2, 0.25) is 0 Å². The number of carbonyl (C=O) groups is 2. The lowest BCUT2D eigenvalue weighted by Crippen LogP contribution is -2.28. The summed E-state index contributed by atoms with van der Waals surface area (Å²) in [5, 5.41) is 2.22. The molecule has 3 aromatic rings. The van der Waals surface area contributed by atoms with Crippen molar-refractivity contribution < 1.29 is 18.7 Å². The molecule has 9 nitrogen and oxygen atoms in total. The number of fused-ring (bicyclic) bond motifs is 1.